The molecule has 4 atom stereocenters. The van der Waals surface area contributed by atoms with Crippen LogP contribution in [0.15, 0.2) is 22.7 Å². The predicted octanol–water partition coefficient (Wildman–Crippen LogP) is 4.83. The molecule has 0 amide bonds. The third-order valence-electron chi connectivity index (χ3n) is 4.66. The molecule has 0 aromatic heterocycles. The third-order valence-corrected chi connectivity index (χ3v) is 5.35. The molecule has 100 valence electrons. The minimum absolute atomic E-state index is 0.176. The van der Waals surface area contributed by atoms with Crippen molar-refractivity contribution in [3.05, 3.63) is 33.8 Å². The van der Waals surface area contributed by atoms with Crippen molar-refractivity contribution < 1.29 is 0 Å². The highest BCUT2D eigenvalue weighted by Gasteiger charge is 2.29. The first kappa shape index (κ1) is 14.1. The van der Waals surface area contributed by atoms with Crippen LogP contribution in [-0.4, -0.2) is 0 Å². The summed E-state index contributed by atoms with van der Waals surface area (Å²) in [4.78, 5) is 0. The zero-order valence-corrected chi connectivity index (χ0v) is 13.2. The molecular weight excluding hydrogens is 286 g/mol. The first-order valence-electron chi connectivity index (χ1n) is 7.00. The first-order chi connectivity index (χ1) is 8.49. The standard InChI is InChI=1S/C16H24BrN/c1-10-4-7-14(15(17)8-10)16(18)13-6-5-11(2)12(3)9-13/h4,7-8,11-13,16H,5-6,9,18H2,1-3H3. The zero-order valence-electron chi connectivity index (χ0n) is 11.6. The van der Waals surface area contributed by atoms with Crippen molar-refractivity contribution in [3.63, 3.8) is 0 Å². The molecule has 4 unspecified atom stereocenters. The third kappa shape index (κ3) is 2.97. The van der Waals surface area contributed by atoms with E-state index in [1.807, 2.05) is 0 Å². The van der Waals surface area contributed by atoms with E-state index in [2.05, 4.69) is 54.9 Å². The lowest BCUT2D eigenvalue weighted by Crippen LogP contribution is -2.29. The summed E-state index contributed by atoms with van der Waals surface area (Å²) in [5.74, 6) is 2.30. The molecule has 0 heterocycles. The first-order valence-corrected chi connectivity index (χ1v) is 7.80. The summed E-state index contributed by atoms with van der Waals surface area (Å²) >= 11 is 3.66. The Morgan fingerprint density at radius 2 is 1.94 bits per heavy atom. The van der Waals surface area contributed by atoms with Gasteiger partial charge in [-0.15, -0.1) is 0 Å². The van der Waals surface area contributed by atoms with Crippen molar-refractivity contribution in [2.75, 3.05) is 0 Å². The second-order valence-corrected chi connectivity index (χ2v) is 6.93. The monoisotopic (exact) mass is 309 g/mol. The van der Waals surface area contributed by atoms with Gasteiger partial charge in [0.05, 0.1) is 0 Å². The quantitative estimate of drug-likeness (QED) is 0.832. The number of nitrogens with two attached hydrogens (primary N) is 1. The van der Waals surface area contributed by atoms with E-state index in [1.165, 1.54) is 34.9 Å². The molecule has 0 aliphatic heterocycles. The lowest BCUT2D eigenvalue weighted by molar-refractivity contribution is 0.186. The molecule has 2 heteroatoms. The lowest BCUT2D eigenvalue weighted by Gasteiger charge is -2.35. The van der Waals surface area contributed by atoms with Gasteiger partial charge in [-0.1, -0.05) is 48.3 Å². The highest BCUT2D eigenvalue weighted by Crippen LogP contribution is 2.40. The Bertz CT molecular complexity index is 416. The molecule has 1 fully saturated rings. The highest BCUT2D eigenvalue weighted by molar-refractivity contribution is 9.10. The largest absolute Gasteiger partial charge is 0.324 e. The van der Waals surface area contributed by atoms with Crippen LogP contribution in [-0.2, 0) is 0 Å². The van der Waals surface area contributed by atoms with E-state index in [0.717, 1.165) is 11.8 Å². The van der Waals surface area contributed by atoms with Gasteiger partial charge in [-0.2, -0.15) is 0 Å². The molecular formula is C16H24BrN. The summed E-state index contributed by atoms with van der Waals surface area (Å²) in [5, 5.41) is 0. The topological polar surface area (TPSA) is 26.0 Å². The van der Waals surface area contributed by atoms with E-state index in [4.69, 9.17) is 5.73 Å². The zero-order chi connectivity index (χ0) is 13.3. The Balaban J connectivity index is 2.13. The molecule has 2 rings (SSSR count). The number of halogens is 1. The Kier molecular flexibility index (Phi) is 4.50. The molecule has 1 nitrogen and oxygen atoms in total. The molecule has 0 bridgehead atoms. The van der Waals surface area contributed by atoms with Gasteiger partial charge in [0.25, 0.3) is 0 Å². The fourth-order valence-electron chi connectivity index (χ4n) is 3.07. The SMILES string of the molecule is Cc1ccc(C(N)C2CCC(C)C(C)C2)c(Br)c1. The molecule has 1 aromatic carbocycles. The number of hydrogen-bond acceptors (Lipinski definition) is 1. The summed E-state index contributed by atoms with van der Waals surface area (Å²) in [5.41, 5.74) is 9.05. The molecule has 2 N–H and O–H groups in total. The van der Waals surface area contributed by atoms with Gasteiger partial charge in [0, 0.05) is 10.5 Å². The van der Waals surface area contributed by atoms with Gasteiger partial charge in [0.2, 0.25) is 0 Å². The average molecular weight is 310 g/mol. The maximum atomic E-state index is 6.50. The summed E-state index contributed by atoms with van der Waals surface area (Å²) in [6.07, 6.45) is 3.86. The van der Waals surface area contributed by atoms with E-state index in [1.54, 1.807) is 0 Å². The maximum Gasteiger partial charge on any atom is 0.0334 e. The van der Waals surface area contributed by atoms with Gasteiger partial charge in [-0.3, -0.25) is 0 Å². The van der Waals surface area contributed by atoms with Gasteiger partial charge in [0.15, 0.2) is 0 Å². The van der Waals surface area contributed by atoms with Gasteiger partial charge in [-0.05, 0) is 54.7 Å². The summed E-state index contributed by atoms with van der Waals surface area (Å²) in [6.45, 7) is 6.85. The summed E-state index contributed by atoms with van der Waals surface area (Å²) in [7, 11) is 0. The molecule has 1 aliphatic rings. The average Bonchev–Trinajstić information content (AvgIpc) is 2.32. The fourth-order valence-corrected chi connectivity index (χ4v) is 3.83. The van der Waals surface area contributed by atoms with Gasteiger partial charge < -0.3 is 5.73 Å². The Morgan fingerprint density at radius 1 is 1.22 bits per heavy atom. The van der Waals surface area contributed by atoms with Crippen molar-refractivity contribution in [3.8, 4) is 0 Å². The van der Waals surface area contributed by atoms with Crippen molar-refractivity contribution >= 4 is 15.9 Å². The van der Waals surface area contributed by atoms with Gasteiger partial charge in [0.1, 0.15) is 0 Å². The van der Waals surface area contributed by atoms with Crippen LogP contribution >= 0.6 is 15.9 Å². The highest BCUT2D eigenvalue weighted by atomic mass is 79.9. The molecule has 1 aromatic rings. The minimum atomic E-state index is 0.176. The Morgan fingerprint density at radius 3 is 2.56 bits per heavy atom. The van der Waals surface area contributed by atoms with E-state index < -0.39 is 0 Å². The van der Waals surface area contributed by atoms with E-state index in [-0.39, 0.29) is 6.04 Å². The number of aryl methyl sites for hydroxylation is 1. The maximum absolute atomic E-state index is 6.50. The summed E-state index contributed by atoms with van der Waals surface area (Å²) in [6, 6.07) is 6.70. The molecule has 0 saturated heterocycles. The van der Waals surface area contributed by atoms with E-state index in [0.29, 0.717) is 5.92 Å². The molecule has 0 radical (unpaired) electrons. The summed E-state index contributed by atoms with van der Waals surface area (Å²) < 4.78 is 1.17. The van der Waals surface area contributed by atoms with Crippen LogP contribution in [0.1, 0.15) is 50.3 Å². The van der Waals surface area contributed by atoms with Crippen LogP contribution < -0.4 is 5.73 Å². The molecule has 18 heavy (non-hydrogen) atoms. The molecule has 1 saturated carbocycles. The fraction of sp³-hybridized carbons (Fsp3) is 0.625. The predicted molar refractivity (Wildman–Crippen MR) is 81.5 cm³/mol. The number of hydrogen-bond donors (Lipinski definition) is 1. The molecule has 0 spiro atoms. The van der Waals surface area contributed by atoms with Crippen molar-refractivity contribution in [2.24, 2.45) is 23.5 Å². The van der Waals surface area contributed by atoms with Crippen LogP contribution in [0, 0.1) is 24.7 Å². The second-order valence-electron chi connectivity index (χ2n) is 6.08. The normalized spacial score (nSPS) is 30.2. The van der Waals surface area contributed by atoms with Crippen LogP contribution in [0.3, 0.4) is 0 Å². The van der Waals surface area contributed by atoms with Crippen LogP contribution in [0.5, 0.6) is 0 Å². The van der Waals surface area contributed by atoms with Crippen molar-refractivity contribution in [1.29, 1.82) is 0 Å². The van der Waals surface area contributed by atoms with Crippen LogP contribution in [0.4, 0.5) is 0 Å². The van der Waals surface area contributed by atoms with Crippen molar-refractivity contribution in [2.45, 2.75) is 46.1 Å². The smallest absolute Gasteiger partial charge is 0.0334 e. The Labute approximate surface area is 119 Å². The van der Waals surface area contributed by atoms with Crippen LogP contribution in [0.25, 0.3) is 0 Å². The van der Waals surface area contributed by atoms with Gasteiger partial charge in [-0.25, -0.2) is 0 Å². The van der Waals surface area contributed by atoms with E-state index >= 15 is 0 Å². The molecule has 1 aliphatic carbocycles. The minimum Gasteiger partial charge on any atom is -0.324 e. The second kappa shape index (κ2) is 5.75. The number of benzene rings is 1. The number of rotatable bonds is 2. The van der Waals surface area contributed by atoms with Crippen molar-refractivity contribution in [1.82, 2.24) is 0 Å². The Hall–Kier alpha value is -0.340. The van der Waals surface area contributed by atoms with Gasteiger partial charge >= 0.3 is 0 Å². The lowest BCUT2D eigenvalue weighted by atomic mass is 9.72. The van der Waals surface area contributed by atoms with Crippen LogP contribution in [0.2, 0.25) is 0 Å². The van der Waals surface area contributed by atoms with E-state index in [9.17, 15) is 0 Å².